The van der Waals surface area contributed by atoms with Crippen molar-refractivity contribution in [3.63, 3.8) is 0 Å². The van der Waals surface area contributed by atoms with Crippen molar-refractivity contribution in [2.24, 2.45) is 0 Å². The van der Waals surface area contributed by atoms with Crippen LogP contribution in [0.4, 0.5) is 4.39 Å². The van der Waals surface area contributed by atoms with Gasteiger partial charge in [-0.05, 0) is 52.3 Å². The molecule has 0 fully saturated rings. The topological polar surface area (TPSA) is 46.5 Å². The first-order chi connectivity index (χ1) is 8.58. The molecule has 0 aliphatic rings. The molecule has 0 spiro atoms. The number of benzene rings is 2. The average Bonchev–Trinajstić information content (AvgIpc) is 2.32. The average molecular weight is 311 g/mol. The summed E-state index contributed by atoms with van der Waals surface area (Å²) in [5.41, 5.74) is 0.0295. The SMILES string of the molecule is O=C(O)c1c(Br)cccc1Oc1ccc(F)cc1. The van der Waals surface area contributed by atoms with Gasteiger partial charge in [-0.15, -0.1) is 0 Å². The standard InChI is InChI=1S/C13H8BrFO3/c14-10-2-1-3-11(12(10)13(16)17)18-9-6-4-8(15)5-7-9/h1-7H,(H,16,17). The zero-order valence-electron chi connectivity index (χ0n) is 9.06. The molecular formula is C13H8BrFO3. The van der Waals surface area contributed by atoms with Crippen LogP contribution in [-0.2, 0) is 0 Å². The first-order valence-corrected chi connectivity index (χ1v) is 5.82. The maximum absolute atomic E-state index is 12.7. The molecule has 2 aromatic rings. The lowest BCUT2D eigenvalue weighted by atomic mass is 10.2. The zero-order valence-corrected chi connectivity index (χ0v) is 10.6. The quantitative estimate of drug-likeness (QED) is 0.929. The van der Waals surface area contributed by atoms with E-state index in [0.29, 0.717) is 10.2 Å². The van der Waals surface area contributed by atoms with Crippen molar-refractivity contribution >= 4 is 21.9 Å². The van der Waals surface area contributed by atoms with Crippen molar-refractivity contribution in [2.75, 3.05) is 0 Å². The van der Waals surface area contributed by atoms with E-state index in [2.05, 4.69) is 15.9 Å². The third-order valence-electron chi connectivity index (χ3n) is 2.23. The van der Waals surface area contributed by atoms with Crippen molar-refractivity contribution in [3.05, 3.63) is 58.3 Å². The van der Waals surface area contributed by atoms with Gasteiger partial charge in [0.05, 0.1) is 0 Å². The summed E-state index contributed by atoms with van der Waals surface area (Å²) >= 11 is 3.15. The largest absolute Gasteiger partial charge is 0.478 e. The van der Waals surface area contributed by atoms with Gasteiger partial charge in [0.25, 0.3) is 0 Å². The van der Waals surface area contributed by atoms with Crippen LogP contribution >= 0.6 is 15.9 Å². The molecule has 3 nitrogen and oxygen atoms in total. The van der Waals surface area contributed by atoms with Gasteiger partial charge in [-0.2, -0.15) is 0 Å². The molecule has 5 heteroatoms. The Morgan fingerprint density at radius 3 is 2.44 bits per heavy atom. The van der Waals surface area contributed by atoms with Gasteiger partial charge >= 0.3 is 5.97 Å². The van der Waals surface area contributed by atoms with E-state index in [1.807, 2.05) is 0 Å². The minimum Gasteiger partial charge on any atom is -0.478 e. The summed E-state index contributed by atoms with van der Waals surface area (Å²) in [5, 5.41) is 9.10. The number of carbonyl (C=O) groups is 1. The van der Waals surface area contributed by atoms with Crippen LogP contribution in [0.5, 0.6) is 11.5 Å². The molecule has 0 saturated heterocycles. The fourth-order valence-electron chi connectivity index (χ4n) is 1.43. The summed E-state index contributed by atoms with van der Waals surface area (Å²) in [7, 11) is 0. The molecule has 0 aromatic heterocycles. The second kappa shape index (κ2) is 5.18. The molecule has 2 aromatic carbocycles. The summed E-state index contributed by atoms with van der Waals surface area (Å²) in [6, 6.07) is 10.2. The van der Waals surface area contributed by atoms with E-state index in [1.165, 1.54) is 30.3 Å². The summed E-state index contributed by atoms with van der Waals surface area (Å²) < 4.78 is 18.6. The fourth-order valence-corrected chi connectivity index (χ4v) is 1.94. The molecule has 0 unspecified atom stereocenters. The number of rotatable bonds is 3. The van der Waals surface area contributed by atoms with E-state index in [-0.39, 0.29) is 17.1 Å². The fraction of sp³-hybridized carbons (Fsp3) is 0. The third kappa shape index (κ3) is 2.68. The lowest BCUT2D eigenvalue weighted by Crippen LogP contribution is -2.01. The van der Waals surface area contributed by atoms with E-state index in [9.17, 15) is 9.18 Å². The van der Waals surface area contributed by atoms with Crippen LogP contribution in [0.3, 0.4) is 0 Å². The maximum atomic E-state index is 12.7. The molecule has 18 heavy (non-hydrogen) atoms. The molecule has 92 valence electrons. The first-order valence-electron chi connectivity index (χ1n) is 5.03. The summed E-state index contributed by atoms with van der Waals surface area (Å²) in [4.78, 5) is 11.1. The number of aromatic carboxylic acids is 1. The van der Waals surface area contributed by atoms with E-state index >= 15 is 0 Å². The Kier molecular flexibility index (Phi) is 3.62. The van der Waals surface area contributed by atoms with Crippen molar-refractivity contribution < 1.29 is 19.0 Å². The molecule has 0 atom stereocenters. The van der Waals surface area contributed by atoms with Gasteiger partial charge in [0.2, 0.25) is 0 Å². The van der Waals surface area contributed by atoms with Crippen LogP contribution < -0.4 is 4.74 Å². The van der Waals surface area contributed by atoms with E-state index < -0.39 is 5.97 Å². The minimum absolute atomic E-state index is 0.0295. The van der Waals surface area contributed by atoms with E-state index in [0.717, 1.165) is 0 Å². The number of carboxylic acids is 1. The molecule has 2 rings (SSSR count). The van der Waals surface area contributed by atoms with Gasteiger partial charge in [0.15, 0.2) is 0 Å². The van der Waals surface area contributed by atoms with E-state index in [4.69, 9.17) is 9.84 Å². The molecule has 0 aliphatic carbocycles. The number of ether oxygens (including phenoxy) is 1. The van der Waals surface area contributed by atoms with Gasteiger partial charge in [-0.25, -0.2) is 9.18 Å². The van der Waals surface area contributed by atoms with Gasteiger partial charge < -0.3 is 9.84 Å². The molecule has 0 aliphatic heterocycles. The number of hydrogen-bond donors (Lipinski definition) is 1. The lowest BCUT2D eigenvalue weighted by molar-refractivity contribution is 0.0693. The molecule has 0 heterocycles. The number of carboxylic acid groups (broad SMARTS) is 1. The van der Waals surface area contributed by atoms with Crippen molar-refractivity contribution in [2.45, 2.75) is 0 Å². The normalized spacial score (nSPS) is 10.1. The van der Waals surface area contributed by atoms with Crippen LogP contribution in [0.1, 0.15) is 10.4 Å². The highest BCUT2D eigenvalue weighted by Gasteiger charge is 2.15. The zero-order chi connectivity index (χ0) is 13.1. The van der Waals surface area contributed by atoms with Crippen LogP contribution in [0.15, 0.2) is 46.9 Å². The third-order valence-corrected chi connectivity index (χ3v) is 2.89. The first kappa shape index (κ1) is 12.6. The Morgan fingerprint density at radius 2 is 1.83 bits per heavy atom. The molecule has 1 N–H and O–H groups in total. The molecule has 0 saturated carbocycles. The van der Waals surface area contributed by atoms with Crippen LogP contribution in [0.2, 0.25) is 0 Å². The Morgan fingerprint density at radius 1 is 1.17 bits per heavy atom. The second-order valence-electron chi connectivity index (χ2n) is 3.47. The minimum atomic E-state index is -1.10. The summed E-state index contributed by atoms with van der Waals surface area (Å²) in [6.07, 6.45) is 0. The van der Waals surface area contributed by atoms with E-state index in [1.54, 1.807) is 12.1 Å². The highest BCUT2D eigenvalue weighted by molar-refractivity contribution is 9.10. The summed E-state index contributed by atoms with van der Waals surface area (Å²) in [5.74, 6) is -0.907. The highest BCUT2D eigenvalue weighted by atomic mass is 79.9. The predicted molar refractivity (Wildman–Crippen MR) is 67.6 cm³/mol. The molecule has 0 radical (unpaired) electrons. The number of halogens is 2. The molecular weight excluding hydrogens is 303 g/mol. The van der Waals surface area contributed by atoms with Gasteiger partial charge in [0.1, 0.15) is 22.9 Å². The van der Waals surface area contributed by atoms with Gasteiger partial charge in [-0.3, -0.25) is 0 Å². The van der Waals surface area contributed by atoms with Crippen molar-refractivity contribution in [3.8, 4) is 11.5 Å². The van der Waals surface area contributed by atoms with Crippen LogP contribution in [-0.4, -0.2) is 11.1 Å². The van der Waals surface area contributed by atoms with Crippen LogP contribution in [0, 0.1) is 5.82 Å². The number of hydrogen-bond acceptors (Lipinski definition) is 2. The lowest BCUT2D eigenvalue weighted by Gasteiger charge is -2.09. The van der Waals surface area contributed by atoms with Crippen LogP contribution in [0.25, 0.3) is 0 Å². The Labute approximate surface area is 111 Å². The maximum Gasteiger partial charge on any atom is 0.340 e. The Hall–Kier alpha value is -1.88. The highest BCUT2D eigenvalue weighted by Crippen LogP contribution is 2.30. The monoisotopic (exact) mass is 310 g/mol. The summed E-state index contributed by atoms with van der Waals surface area (Å²) in [6.45, 7) is 0. The smallest absolute Gasteiger partial charge is 0.340 e. The van der Waals surface area contributed by atoms with Gasteiger partial charge in [0, 0.05) is 4.47 Å². The molecule has 0 amide bonds. The Balaban J connectivity index is 2.37. The molecule has 0 bridgehead atoms. The predicted octanol–water partition coefficient (Wildman–Crippen LogP) is 4.08. The van der Waals surface area contributed by atoms with Crippen molar-refractivity contribution in [1.29, 1.82) is 0 Å². The van der Waals surface area contributed by atoms with Crippen molar-refractivity contribution in [1.82, 2.24) is 0 Å². The second-order valence-corrected chi connectivity index (χ2v) is 4.33. The Bertz CT molecular complexity index is 581. The van der Waals surface area contributed by atoms with Gasteiger partial charge in [-0.1, -0.05) is 6.07 Å².